The van der Waals surface area contributed by atoms with Crippen LogP contribution in [0.2, 0.25) is 0 Å². The van der Waals surface area contributed by atoms with Gasteiger partial charge in [-0.3, -0.25) is 0 Å². The monoisotopic (exact) mass is 369 g/mol. The van der Waals surface area contributed by atoms with Crippen LogP contribution in [0.1, 0.15) is 24.8 Å². The molecule has 0 radical (unpaired) electrons. The molecule has 1 aliphatic carbocycles. The third-order valence-corrected chi connectivity index (χ3v) is 4.36. The normalized spacial score (nSPS) is 21.2. The van der Waals surface area contributed by atoms with E-state index in [0.29, 0.717) is 5.56 Å². The molecule has 1 aromatic carbocycles. The third-order valence-electron chi connectivity index (χ3n) is 3.87. The fourth-order valence-corrected chi connectivity index (χ4v) is 3.22. The van der Waals surface area contributed by atoms with E-state index >= 15 is 0 Å². The van der Waals surface area contributed by atoms with Gasteiger partial charge in [-0.1, -0.05) is 19.1 Å². The largest absolute Gasteiger partial charge is 0.508 e. The second kappa shape index (κ2) is 7.11. The maximum absolute atomic E-state index is 11.1. The minimum absolute atomic E-state index is 0.0349. The van der Waals surface area contributed by atoms with Crippen molar-refractivity contribution in [2.75, 3.05) is 0 Å². The summed E-state index contributed by atoms with van der Waals surface area (Å²) in [6.45, 7) is 1.71. The van der Waals surface area contributed by atoms with Gasteiger partial charge in [-0.05, 0) is 41.8 Å². The molecule has 0 bridgehead atoms. The predicted octanol–water partition coefficient (Wildman–Crippen LogP) is 1.73. The number of allylic oxidation sites excluding steroid dienone is 2. The lowest BCUT2D eigenvalue weighted by Gasteiger charge is -2.33. The van der Waals surface area contributed by atoms with E-state index < -0.39 is 25.4 Å². The van der Waals surface area contributed by atoms with Crippen LogP contribution >= 0.6 is 7.75 Å². The first-order valence-electron chi connectivity index (χ1n) is 7.46. The average molecular weight is 369 g/mol. The van der Waals surface area contributed by atoms with E-state index in [1.807, 2.05) is 0 Å². The minimum Gasteiger partial charge on any atom is -0.508 e. The quantitative estimate of drug-likeness (QED) is 0.342. The Labute approximate surface area is 144 Å². The van der Waals surface area contributed by atoms with E-state index in [4.69, 9.17) is 9.79 Å². The highest BCUT2D eigenvalue weighted by Gasteiger charge is 2.39. The van der Waals surface area contributed by atoms with Gasteiger partial charge in [0.2, 0.25) is 0 Å². The maximum Gasteiger partial charge on any atom is 0.448 e. The topological polar surface area (TPSA) is 151 Å². The number of rotatable bonds is 5. The van der Waals surface area contributed by atoms with E-state index in [2.05, 4.69) is 4.76 Å². The number of phenolic OH excluding ortho intramolecular Hbond substituents is 1. The molecule has 0 aromatic heterocycles. The summed E-state index contributed by atoms with van der Waals surface area (Å²) in [6.07, 6.45) is 3.13. The molecule has 8 nitrogen and oxygen atoms in total. The van der Waals surface area contributed by atoms with Crippen LogP contribution in [0.25, 0.3) is 0 Å². The van der Waals surface area contributed by atoms with Crippen LogP contribution in [0.4, 0.5) is 0 Å². The molecule has 0 fully saturated rings. The number of hydrogen-bond acceptors (Lipinski definition) is 5. The highest BCUT2D eigenvalue weighted by Crippen LogP contribution is 2.40. The van der Waals surface area contributed by atoms with Gasteiger partial charge < -0.3 is 30.2 Å². The van der Waals surface area contributed by atoms with E-state index in [9.17, 15) is 25.0 Å². The Morgan fingerprint density at radius 3 is 2.52 bits per heavy atom. The highest BCUT2D eigenvalue weighted by atomic mass is 31.2. The predicted molar refractivity (Wildman–Crippen MR) is 91.1 cm³/mol. The van der Waals surface area contributed by atoms with Crippen molar-refractivity contribution in [3.05, 3.63) is 53.8 Å². The summed E-state index contributed by atoms with van der Waals surface area (Å²) in [4.78, 5) is 18.1. The molecule has 136 valence electrons. The van der Waals surface area contributed by atoms with E-state index in [1.165, 1.54) is 12.1 Å². The van der Waals surface area contributed by atoms with Gasteiger partial charge in [-0.15, -0.1) is 0 Å². The van der Waals surface area contributed by atoms with E-state index in [1.54, 1.807) is 19.1 Å². The van der Waals surface area contributed by atoms with Crippen molar-refractivity contribution in [3.63, 3.8) is 0 Å². The fourth-order valence-electron chi connectivity index (χ4n) is 2.73. The molecular formula is C16H20NO7P. The summed E-state index contributed by atoms with van der Waals surface area (Å²) in [5.41, 5.74) is 0.403. The first-order valence-corrected chi connectivity index (χ1v) is 9.02. The van der Waals surface area contributed by atoms with Crippen molar-refractivity contribution in [1.29, 1.82) is 0 Å². The number of nitrogens with zero attached hydrogens (tertiary/aromatic N) is 1. The standard InChI is InChI=1S/C16H20NO7P/c1-10(11-3-2-4-12(18)7-11)9-16(20,21)14-8-13(19)5-6-15(14)17-25(22,23)24/h2-8,10,14,18-21H,9H2,1H3,(H2,22,23,24)/b17-15+. The van der Waals surface area contributed by atoms with Gasteiger partial charge in [0.15, 0.2) is 5.79 Å². The molecule has 2 atom stereocenters. The van der Waals surface area contributed by atoms with Gasteiger partial charge in [0.05, 0.1) is 11.6 Å². The Morgan fingerprint density at radius 1 is 1.24 bits per heavy atom. The van der Waals surface area contributed by atoms with Crippen LogP contribution in [0.5, 0.6) is 5.75 Å². The molecular weight excluding hydrogens is 349 g/mol. The number of hydrogen-bond donors (Lipinski definition) is 6. The van der Waals surface area contributed by atoms with Crippen molar-refractivity contribution in [2.24, 2.45) is 10.7 Å². The zero-order chi connectivity index (χ0) is 18.8. The van der Waals surface area contributed by atoms with Gasteiger partial charge in [0.25, 0.3) is 0 Å². The first-order chi connectivity index (χ1) is 11.5. The van der Waals surface area contributed by atoms with Gasteiger partial charge in [0.1, 0.15) is 11.5 Å². The van der Waals surface area contributed by atoms with E-state index in [0.717, 1.165) is 18.2 Å². The molecule has 0 spiro atoms. The fraction of sp³-hybridized carbons (Fsp3) is 0.312. The molecule has 0 saturated heterocycles. The minimum atomic E-state index is -4.79. The smallest absolute Gasteiger partial charge is 0.448 e. The molecule has 1 aliphatic rings. The van der Waals surface area contributed by atoms with Crippen LogP contribution in [-0.4, -0.2) is 41.7 Å². The number of aromatic hydroxyl groups is 1. The molecule has 0 aliphatic heterocycles. The SMILES string of the molecule is CC(CC(O)(O)C1C=C(O)C=C/C1=N\P(=O)(O)O)c1cccc(O)c1. The highest BCUT2D eigenvalue weighted by molar-refractivity contribution is 7.50. The Hall–Kier alpha value is -1.96. The van der Waals surface area contributed by atoms with Gasteiger partial charge in [0, 0.05) is 6.42 Å². The molecule has 9 heteroatoms. The van der Waals surface area contributed by atoms with Crippen LogP contribution in [-0.2, 0) is 4.57 Å². The van der Waals surface area contributed by atoms with Crippen molar-refractivity contribution >= 4 is 13.5 Å². The molecule has 0 saturated carbocycles. The van der Waals surface area contributed by atoms with Crippen LogP contribution in [0.15, 0.2) is 53.0 Å². The number of benzene rings is 1. The lowest BCUT2D eigenvalue weighted by Crippen LogP contribution is -2.42. The molecule has 2 unspecified atom stereocenters. The second-order valence-corrected chi connectivity index (χ2v) is 7.25. The maximum atomic E-state index is 11.1. The molecule has 0 amide bonds. The number of aliphatic hydroxyl groups excluding tert-OH is 1. The summed E-state index contributed by atoms with van der Waals surface area (Å²) in [6, 6.07) is 6.30. The molecule has 0 heterocycles. The molecule has 2 rings (SSSR count). The van der Waals surface area contributed by atoms with Gasteiger partial charge in [-0.25, -0.2) is 4.57 Å². The summed E-state index contributed by atoms with van der Waals surface area (Å²) in [5, 5.41) is 40.1. The van der Waals surface area contributed by atoms with Crippen LogP contribution in [0, 0.1) is 5.92 Å². The van der Waals surface area contributed by atoms with Crippen molar-refractivity contribution in [1.82, 2.24) is 0 Å². The van der Waals surface area contributed by atoms with Crippen molar-refractivity contribution in [3.8, 4) is 5.75 Å². The number of aliphatic hydroxyl groups is 3. The zero-order valence-electron chi connectivity index (χ0n) is 13.4. The summed E-state index contributed by atoms with van der Waals surface area (Å²) in [7, 11) is -4.79. The van der Waals surface area contributed by atoms with Gasteiger partial charge in [-0.2, -0.15) is 4.76 Å². The zero-order valence-corrected chi connectivity index (χ0v) is 14.3. The summed E-state index contributed by atoms with van der Waals surface area (Å²) >= 11 is 0. The second-order valence-electron chi connectivity index (χ2n) is 6.02. The summed E-state index contributed by atoms with van der Waals surface area (Å²) < 4.78 is 14.4. The number of phenols is 1. The van der Waals surface area contributed by atoms with Crippen molar-refractivity contribution in [2.45, 2.75) is 25.0 Å². The molecule has 6 N–H and O–H groups in total. The van der Waals surface area contributed by atoms with Gasteiger partial charge >= 0.3 is 7.75 Å². The van der Waals surface area contributed by atoms with Crippen LogP contribution < -0.4 is 0 Å². The Balaban J connectivity index is 2.30. The van der Waals surface area contributed by atoms with Crippen molar-refractivity contribution < 1.29 is 34.8 Å². The Bertz CT molecular complexity index is 778. The van der Waals surface area contributed by atoms with Crippen LogP contribution in [0.3, 0.4) is 0 Å². The summed E-state index contributed by atoms with van der Waals surface area (Å²) in [5.74, 6) is -4.40. The average Bonchev–Trinajstić information content (AvgIpc) is 2.47. The molecule has 25 heavy (non-hydrogen) atoms. The Kier molecular flexibility index (Phi) is 5.51. The van der Waals surface area contributed by atoms with E-state index in [-0.39, 0.29) is 23.6 Å². The lowest BCUT2D eigenvalue weighted by atomic mass is 9.82. The Morgan fingerprint density at radius 2 is 1.92 bits per heavy atom. The third kappa shape index (κ3) is 5.26. The first kappa shape index (κ1) is 19.4. The lowest BCUT2D eigenvalue weighted by molar-refractivity contribution is -0.181. The molecule has 1 aromatic rings.